The summed E-state index contributed by atoms with van der Waals surface area (Å²) in [5.74, 6) is -3.13. The van der Waals surface area contributed by atoms with Crippen LogP contribution in [0, 0.1) is 5.82 Å². The number of anilines is 1. The van der Waals surface area contributed by atoms with Crippen LogP contribution in [0.5, 0.6) is 0 Å². The van der Waals surface area contributed by atoms with Gasteiger partial charge in [0.15, 0.2) is 5.78 Å². The number of hydrogen-bond donors (Lipinski definition) is 0. The lowest BCUT2D eigenvalue weighted by Crippen LogP contribution is -2.37. The largest absolute Gasteiger partial charge is 0.377 e. The van der Waals surface area contributed by atoms with E-state index in [2.05, 4.69) is 6.92 Å². The third-order valence-electron chi connectivity index (χ3n) is 4.86. The number of imide groups is 1. The van der Waals surface area contributed by atoms with Crippen LogP contribution in [0.2, 0.25) is 0 Å². The fourth-order valence-corrected chi connectivity index (χ4v) is 3.48. The first-order valence-electron chi connectivity index (χ1n) is 9.69. The minimum absolute atomic E-state index is 0.238. The first-order valence-corrected chi connectivity index (χ1v) is 9.69. The van der Waals surface area contributed by atoms with Crippen LogP contribution in [0.4, 0.5) is 10.1 Å². The second-order valence-corrected chi connectivity index (χ2v) is 6.97. The molecule has 0 aromatic heterocycles. The van der Waals surface area contributed by atoms with Crippen LogP contribution in [0.1, 0.15) is 69.8 Å². The summed E-state index contributed by atoms with van der Waals surface area (Å²) in [6.07, 6.45) is 7.71. The Kier molecular flexibility index (Phi) is 8.10. The number of methoxy groups -OCH3 is 1. The zero-order valence-electron chi connectivity index (χ0n) is 16.1. The fourth-order valence-electron chi connectivity index (χ4n) is 3.48. The lowest BCUT2D eigenvalue weighted by molar-refractivity contribution is -0.132. The molecule has 27 heavy (non-hydrogen) atoms. The number of carbonyl (C=O) groups is 3. The highest BCUT2D eigenvalue weighted by atomic mass is 19.1. The highest BCUT2D eigenvalue weighted by molar-refractivity contribution is 6.27. The van der Waals surface area contributed by atoms with Gasteiger partial charge in [-0.3, -0.25) is 14.4 Å². The van der Waals surface area contributed by atoms with Crippen molar-refractivity contribution in [1.82, 2.24) is 0 Å². The molecule has 5 nitrogen and oxygen atoms in total. The predicted molar refractivity (Wildman–Crippen MR) is 101 cm³/mol. The lowest BCUT2D eigenvalue weighted by Gasteiger charge is -2.16. The molecule has 1 atom stereocenters. The van der Waals surface area contributed by atoms with Crippen LogP contribution in [-0.4, -0.2) is 31.3 Å². The van der Waals surface area contributed by atoms with Crippen molar-refractivity contribution in [3.8, 4) is 0 Å². The standard InChI is InChI=1S/C21H28FNO4/c1-3-4-5-6-7-8-9-10-19(25)23-17-12-11-15(22)13-16(17)20(21(23)26)18(24)14-27-2/h11-13,20H,3-10,14H2,1-2H3. The summed E-state index contributed by atoms with van der Waals surface area (Å²) in [7, 11) is 1.35. The minimum Gasteiger partial charge on any atom is -0.377 e. The molecule has 0 saturated carbocycles. The normalized spacial score (nSPS) is 15.9. The molecule has 1 aromatic carbocycles. The van der Waals surface area contributed by atoms with Crippen molar-refractivity contribution in [2.75, 3.05) is 18.6 Å². The summed E-state index contributed by atoms with van der Waals surface area (Å²) in [5.41, 5.74) is 0.554. The van der Waals surface area contributed by atoms with Gasteiger partial charge in [-0.05, 0) is 30.2 Å². The van der Waals surface area contributed by atoms with Crippen LogP contribution in [-0.2, 0) is 19.1 Å². The number of amides is 2. The number of ketones is 1. The van der Waals surface area contributed by atoms with Crippen molar-refractivity contribution < 1.29 is 23.5 Å². The number of benzene rings is 1. The number of rotatable bonds is 11. The summed E-state index contributed by atoms with van der Waals surface area (Å²) < 4.78 is 18.5. The maximum Gasteiger partial charge on any atom is 0.249 e. The fraction of sp³-hybridized carbons (Fsp3) is 0.571. The first kappa shape index (κ1) is 21.2. The molecule has 1 aromatic rings. The summed E-state index contributed by atoms with van der Waals surface area (Å²) in [6.45, 7) is 1.91. The Morgan fingerprint density at radius 2 is 1.78 bits per heavy atom. The van der Waals surface area contributed by atoms with Gasteiger partial charge in [-0.25, -0.2) is 9.29 Å². The van der Waals surface area contributed by atoms with Gasteiger partial charge in [0.05, 0.1) is 5.69 Å². The van der Waals surface area contributed by atoms with E-state index < -0.39 is 23.4 Å². The van der Waals surface area contributed by atoms with Crippen LogP contribution in [0.25, 0.3) is 0 Å². The van der Waals surface area contributed by atoms with E-state index in [1.165, 1.54) is 38.5 Å². The van der Waals surface area contributed by atoms with E-state index in [4.69, 9.17) is 4.74 Å². The van der Waals surface area contributed by atoms with Crippen molar-refractivity contribution >= 4 is 23.3 Å². The second-order valence-electron chi connectivity index (χ2n) is 6.97. The van der Waals surface area contributed by atoms with Crippen LogP contribution < -0.4 is 4.90 Å². The Morgan fingerprint density at radius 1 is 1.11 bits per heavy atom. The molecule has 6 heteroatoms. The van der Waals surface area contributed by atoms with Crippen molar-refractivity contribution in [2.24, 2.45) is 0 Å². The van der Waals surface area contributed by atoms with E-state index in [1.54, 1.807) is 0 Å². The summed E-state index contributed by atoms with van der Waals surface area (Å²) >= 11 is 0. The summed E-state index contributed by atoms with van der Waals surface area (Å²) in [4.78, 5) is 38.7. The van der Waals surface area contributed by atoms with E-state index in [0.29, 0.717) is 12.1 Å². The molecular weight excluding hydrogens is 349 g/mol. The number of unbranched alkanes of at least 4 members (excludes halogenated alkanes) is 6. The van der Waals surface area contributed by atoms with Gasteiger partial charge in [-0.2, -0.15) is 0 Å². The van der Waals surface area contributed by atoms with E-state index in [-0.39, 0.29) is 24.5 Å². The Balaban J connectivity index is 2.03. The number of ether oxygens (including phenoxy) is 1. The molecule has 0 N–H and O–H groups in total. The third-order valence-corrected chi connectivity index (χ3v) is 4.86. The van der Waals surface area contributed by atoms with Gasteiger partial charge >= 0.3 is 0 Å². The lowest BCUT2D eigenvalue weighted by atomic mass is 9.96. The van der Waals surface area contributed by atoms with Gasteiger partial charge in [-0.15, -0.1) is 0 Å². The number of hydrogen-bond acceptors (Lipinski definition) is 4. The molecule has 0 spiro atoms. The van der Waals surface area contributed by atoms with E-state index >= 15 is 0 Å². The number of carbonyl (C=O) groups excluding carboxylic acids is 3. The summed E-state index contributed by atoms with van der Waals surface area (Å²) in [6, 6.07) is 3.75. The minimum atomic E-state index is -1.17. The van der Waals surface area contributed by atoms with Crippen molar-refractivity contribution in [3.63, 3.8) is 0 Å². The quantitative estimate of drug-likeness (QED) is 0.429. The van der Waals surface area contributed by atoms with Crippen LogP contribution in [0.3, 0.4) is 0 Å². The molecule has 0 aliphatic carbocycles. The molecule has 0 saturated heterocycles. The van der Waals surface area contributed by atoms with Crippen molar-refractivity contribution in [1.29, 1.82) is 0 Å². The number of Topliss-reactive ketones (excluding diaryl/α,β-unsaturated/α-hetero) is 1. The monoisotopic (exact) mass is 377 g/mol. The molecule has 1 unspecified atom stereocenters. The third kappa shape index (κ3) is 5.22. The maximum atomic E-state index is 13.7. The van der Waals surface area contributed by atoms with Crippen LogP contribution in [0.15, 0.2) is 18.2 Å². The van der Waals surface area contributed by atoms with E-state index in [0.717, 1.165) is 30.2 Å². The van der Waals surface area contributed by atoms with Crippen molar-refractivity contribution in [2.45, 2.75) is 64.2 Å². The number of nitrogens with zero attached hydrogens (tertiary/aromatic N) is 1. The topological polar surface area (TPSA) is 63.7 Å². The molecule has 0 radical (unpaired) electrons. The molecule has 1 heterocycles. The molecule has 2 rings (SSSR count). The zero-order valence-corrected chi connectivity index (χ0v) is 16.1. The molecule has 1 aliphatic rings. The molecule has 148 valence electrons. The highest BCUT2D eigenvalue weighted by Crippen LogP contribution is 2.39. The Hall–Kier alpha value is -2.08. The Labute approximate surface area is 159 Å². The second kappa shape index (κ2) is 10.3. The molecule has 1 aliphatic heterocycles. The van der Waals surface area contributed by atoms with Gasteiger partial charge in [-0.1, -0.05) is 45.4 Å². The first-order chi connectivity index (χ1) is 13.0. The number of fused-ring (bicyclic) bond motifs is 1. The van der Waals surface area contributed by atoms with E-state index in [9.17, 15) is 18.8 Å². The van der Waals surface area contributed by atoms with Gasteiger partial charge in [0.25, 0.3) is 0 Å². The van der Waals surface area contributed by atoms with Gasteiger partial charge in [0.2, 0.25) is 11.8 Å². The van der Waals surface area contributed by atoms with Crippen molar-refractivity contribution in [3.05, 3.63) is 29.6 Å². The van der Waals surface area contributed by atoms with Gasteiger partial charge < -0.3 is 4.74 Å². The molecule has 2 amide bonds. The van der Waals surface area contributed by atoms with Crippen LogP contribution >= 0.6 is 0 Å². The predicted octanol–water partition coefficient (Wildman–Crippen LogP) is 4.14. The number of halogens is 1. The van der Waals surface area contributed by atoms with Gasteiger partial charge in [0, 0.05) is 13.5 Å². The van der Waals surface area contributed by atoms with E-state index in [1.807, 2.05) is 0 Å². The Bertz CT molecular complexity index is 689. The average Bonchev–Trinajstić information content (AvgIpc) is 2.92. The molecule has 0 fully saturated rings. The molecule has 0 bridgehead atoms. The van der Waals surface area contributed by atoms with Gasteiger partial charge in [0.1, 0.15) is 18.3 Å². The zero-order chi connectivity index (χ0) is 19.8. The average molecular weight is 377 g/mol. The smallest absolute Gasteiger partial charge is 0.249 e. The molecular formula is C21H28FNO4. The highest BCUT2D eigenvalue weighted by Gasteiger charge is 2.44. The Morgan fingerprint density at radius 3 is 2.44 bits per heavy atom. The SMILES string of the molecule is CCCCCCCCCC(=O)N1C(=O)C(C(=O)COC)c2cc(F)ccc21. The maximum absolute atomic E-state index is 13.7. The summed E-state index contributed by atoms with van der Waals surface area (Å²) in [5, 5.41) is 0.